The van der Waals surface area contributed by atoms with Crippen molar-refractivity contribution in [3.05, 3.63) is 35.2 Å². The summed E-state index contributed by atoms with van der Waals surface area (Å²) < 4.78 is 5.93. The lowest BCUT2D eigenvalue weighted by Crippen LogP contribution is -2.25. The molecule has 6 nitrogen and oxygen atoms in total. The highest BCUT2D eigenvalue weighted by Gasteiger charge is 2.33. The lowest BCUT2D eigenvalue weighted by atomic mass is 10.0. The Bertz CT molecular complexity index is 746. The lowest BCUT2D eigenvalue weighted by Gasteiger charge is -2.17. The molecule has 114 valence electrons. The van der Waals surface area contributed by atoms with Crippen molar-refractivity contribution >= 4 is 11.9 Å². The summed E-state index contributed by atoms with van der Waals surface area (Å²) in [5.74, 6) is 2.08. The van der Waals surface area contributed by atoms with Gasteiger partial charge >= 0.3 is 0 Å². The van der Waals surface area contributed by atoms with Crippen LogP contribution in [0.5, 0.6) is 5.75 Å². The minimum absolute atomic E-state index is 0.240. The maximum absolute atomic E-state index is 12.5. The maximum atomic E-state index is 12.5. The Labute approximate surface area is 128 Å². The topological polar surface area (TPSA) is 79.9 Å². The molecule has 1 aliphatic heterocycles. The molecule has 0 radical (unpaired) electrons. The number of ether oxygens (including phenoxy) is 1. The molecule has 0 saturated heterocycles. The number of aromatic amines is 1. The summed E-state index contributed by atoms with van der Waals surface area (Å²) in [6, 6.07) is 5.65. The van der Waals surface area contributed by atoms with E-state index >= 15 is 0 Å². The number of amides is 1. The Morgan fingerprint density at radius 3 is 3.00 bits per heavy atom. The van der Waals surface area contributed by atoms with Gasteiger partial charge in [-0.05, 0) is 38.3 Å². The van der Waals surface area contributed by atoms with Crippen LogP contribution in [0.15, 0.2) is 18.2 Å². The van der Waals surface area contributed by atoms with Gasteiger partial charge in [-0.15, -0.1) is 5.10 Å². The van der Waals surface area contributed by atoms with E-state index in [2.05, 4.69) is 20.5 Å². The molecule has 0 bridgehead atoms. The minimum Gasteiger partial charge on any atom is -0.486 e. The average Bonchev–Trinajstić information content (AvgIpc) is 3.11. The van der Waals surface area contributed by atoms with Crippen molar-refractivity contribution in [2.45, 2.75) is 44.6 Å². The van der Waals surface area contributed by atoms with Crippen molar-refractivity contribution in [1.82, 2.24) is 15.2 Å². The number of aromatic nitrogens is 3. The average molecular weight is 298 g/mol. The van der Waals surface area contributed by atoms with E-state index < -0.39 is 0 Å². The predicted molar refractivity (Wildman–Crippen MR) is 81.2 cm³/mol. The molecule has 1 amide bonds. The van der Waals surface area contributed by atoms with Gasteiger partial charge in [-0.25, -0.2) is 0 Å². The van der Waals surface area contributed by atoms with Crippen molar-refractivity contribution in [1.29, 1.82) is 0 Å². The van der Waals surface area contributed by atoms with Crippen LogP contribution in [0.4, 0.5) is 5.95 Å². The Hall–Kier alpha value is -2.37. The van der Waals surface area contributed by atoms with Crippen LogP contribution in [0.2, 0.25) is 0 Å². The van der Waals surface area contributed by atoms with Crippen LogP contribution in [-0.2, 0) is 6.42 Å². The third kappa shape index (κ3) is 2.34. The van der Waals surface area contributed by atoms with E-state index in [4.69, 9.17) is 4.74 Å². The first kappa shape index (κ1) is 13.3. The van der Waals surface area contributed by atoms with Crippen LogP contribution in [-0.4, -0.2) is 26.7 Å². The number of carbonyl (C=O) groups is 1. The summed E-state index contributed by atoms with van der Waals surface area (Å²) in [5, 5.41) is 9.68. The minimum atomic E-state index is -0.275. The van der Waals surface area contributed by atoms with Gasteiger partial charge in [0.1, 0.15) is 17.2 Å². The number of rotatable bonds is 3. The van der Waals surface area contributed by atoms with Crippen LogP contribution in [0, 0.1) is 0 Å². The van der Waals surface area contributed by atoms with Gasteiger partial charge in [0.15, 0.2) is 0 Å². The Morgan fingerprint density at radius 2 is 2.23 bits per heavy atom. The molecule has 2 aliphatic rings. The number of H-pyrrole nitrogens is 1. The van der Waals surface area contributed by atoms with Gasteiger partial charge < -0.3 is 4.74 Å². The second kappa shape index (κ2) is 4.56. The van der Waals surface area contributed by atoms with E-state index in [-0.39, 0.29) is 11.5 Å². The number of carbonyl (C=O) groups excluding carboxylic acids is 1. The van der Waals surface area contributed by atoms with Gasteiger partial charge in [-0.1, -0.05) is 12.1 Å². The van der Waals surface area contributed by atoms with Gasteiger partial charge in [-0.3, -0.25) is 15.2 Å². The number of benzene rings is 1. The van der Waals surface area contributed by atoms with E-state index in [9.17, 15) is 4.79 Å². The molecule has 1 aromatic carbocycles. The summed E-state index contributed by atoms with van der Waals surface area (Å²) in [7, 11) is 0. The van der Waals surface area contributed by atoms with Crippen molar-refractivity contribution in [2.24, 2.45) is 0 Å². The molecule has 0 atom stereocenters. The number of fused-ring (bicyclic) bond motifs is 1. The molecule has 1 aromatic heterocycles. The number of hydrogen-bond donors (Lipinski definition) is 2. The highest BCUT2D eigenvalue weighted by atomic mass is 16.5. The van der Waals surface area contributed by atoms with Gasteiger partial charge in [-0.2, -0.15) is 4.98 Å². The molecular formula is C16H18N4O2. The van der Waals surface area contributed by atoms with Crippen molar-refractivity contribution in [3.8, 4) is 5.75 Å². The summed E-state index contributed by atoms with van der Waals surface area (Å²) in [4.78, 5) is 16.8. The smallest absolute Gasteiger partial charge is 0.261 e. The molecule has 1 fully saturated rings. The van der Waals surface area contributed by atoms with Crippen LogP contribution in [0.1, 0.15) is 54.4 Å². The summed E-state index contributed by atoms with van der Waals surface area (Å²) in [6.45, 7) is 4.04. The lowest BCUT2D eigenvalue weighted by molar-refractivity contribution is 0.101. The number of nitrogens with one attached hydrogen (secondary N) is 2. The van der Waals surface area contributed by atoms with E-state index in [1.807, 2.05) is 26.0 Å². The largest absolute Gasteiger partial charge is 0.486 e. The third-order valence-corrected chi connectivity index (χ3v) is 4.03. The molecule has 2 heterocycles. The van der Waals surface area contributed by atoms with Crippen LogP contribution in [0.25, 0.3) is 0 Å². The van der Waals surface area contributed by atoms with Crippen LogP contribution in [0.3, 0.4) is 0 Å². The fraction of sp³-hybridized carbons (Fsp3) is 0.438. The summed E-state index contributed by atoms with van der Waals surface area (Å²) >= 11 is 0. The van der Waals surface area contributed by atoms with E-state index in [1.54, 1.807) is 6.07 Å². The van der Waals surface area contributed by atoms with Gasteiger partial charge in [0, 0.05) is 12.3 Å². The Morgan fingerprint density at radius 1 is 1.41 bits per heavy atom. The molecule has 1 saturated carbocycles. The molecule has 2 aromatic rings. The molecule has 0 unspecified atom stereocenters. The molecule has 0 spiro atoms. The Kier molecular flexibility index (Phi) is 2.76. The quantitative estimate of drug-likeness (QED) is 0.913. The second-order valence-corrected chi connectivity index (χ2v) is 6.61. The monoisotopic (exact) mass is 298 g/mol. The van der Waals surface area contributed by atoms with Crippen molar-refractivity contribution in [2.75, 3.05) is 5.32 Å². The van der Waals surface area contributed by atoms with Gasteiger partial charge in [0.2, 0.25) is 5.95 Å². The van der Waals surface area contributed by atoms with Crippen molar-refractivity contribution < 1.29 is 9.53 Å². The van der Waals surface area contributed by atoms with E-state index in [1.165, 1.54) is 0 Å². The number of hydrogen-bond acceptors (Lipinski definition) is 4. The first-order chi connectivity index (χ1) is 10.5. The van der Waals surface area contributed by atoms with Gasteiger partial charge in [0.25, 0.3) is 5.91 Å². The maximum Gasteiger partial charge on any atom is 0.261 e. The molecule has 22 heavy (non-hydrogen) atoms. The first-order valence-electron chi connectivity index (χ1n) is 7.56. The number of nitrogens with zero attached hydrogens (tertiary/aromatic N) is 2. The standard InChI is InChI=1S/C16H18N4O2/c1-16(2)8-10-4-3-5-11(12(10)22-16)14(21)18-15-17-13(19-20-15)9-6-7-9/h3-5,9H,6-8H2,1-2H3,(H2,17,18,19,20,21). The van der Waals surface area contributed by atoms with Crippen LogP contribution < -0.4 is 10.1 Å². The predicted octanol–water partition coefficient (Wildman–Crippen LogP) is 2.65. The fourth-order valence-corrected chi connectivity index (χ4v) is 2.83. The van der Waals surface area contributed by atoms with Gasteiger partial charge in [0.05, 0.1) is 5.56 Å². The number of anilines is 1. The van der Waals surface area contributed by atoms with Crippen molar-refractivity contribution in [3.63, 3.8) is 0 Å². The molecule has 6 heteroatoms. The third-order valence-electron chi connectivity index (χ3n) is 4.03. The summed E-state index contributed by atoms with van der Waals surface area (Å²) in [6.07, 6.45) is 3.07. The zero-order valence-electron chi connectivity index (χ0n) is 12.6. The van der Waals surface area contributed by atoms with E-state index in [0.717, 1.165) is 30.7 Å². The SMILES string of the molecule is CC1(C)Cc2cccc(C(=O)Nc3n[nH]c(C4CC4)n3)c2O1. The molecular weight excluding hydrogens is 280 g/mol. The zero-order chi connectivity index (χ0) is 15.3. The Balaban J connectivity index is 1.57. The normalized spacial score (nSPS) is 18.6. The summed E-state index contributed by atoms with van der Waals surface area (Å²) in [5.41, 5.74) is 1.31. The highest BCUT2D eigenvalue weighted by molar-refractivity contribution is 6.05. The molecule has 4 rings (SSSR count). The second-order valence-electron chi connectivity index (χ2n) is 6.61. The zero-order valence-corrected chi connectivity index (χ0v) is 12.6. The molecule has 1 aliphatic carbocycles. The van der Waals surface area contributed by atoms with Crippen LogP contribution >= 0.6 is 0 Å². The number of para-hydroxylation sites is 1. The molecule has 2 N–H and O–H groups in total. The highest BCUT2D eigenvalue weighted by Crippen LogP contribution is 2.39. The first-order valence-corrected chi connectivity index (χ1v) is 7.56. The van der Waals surface area contributed by atoms with E-state index in [0.29, 0.717) is 23.2 Å². The fourth-order valence-electron chi connectivity index (χ4n) is 2.83.